The third-order valence-corrected chi connectivity index (χ3v) is 5.02. The Kier molecular flexibility index (Phi) is 10.0. The Morgan fingerprint density at radius 1 is 1.17 bits per heavy atom. The Bertz CT molecular complexity index is 772. The molecule has 1 aliphatic heterocycles. The van der Waals surface area contributed by atoms with Crippen molar-refractivity contribution in [1.82, 2.24) is 10.2 Å². The molecule has 8 heteroatoms. The van der Waals surface area contributed by atoms with E-state index in [1.165, 1.54) is 12.1 Å². The van der Waals surface area contributed by atoms with Crippen LogP contribution >= 0.6 is 24.8 Å². The van der Waals surface area contributed by atoms with Crippen LogP contribution in [0.25, 0.3) is 0 Å². The van der Waals surface area contributed by atoms with Crippen LogP contribution < -0.4 is 11.1 Å². The monoisotopic (exact) mass is 443 g/mol. The highest BCUT2D eigenvalue weighted by molar-refractivity contribution is 5.87. The normalized spacial score (nSPS) is 17.2. The van der Waals surface area contributed by atoms with Gasteiger partial charge in [-0.3, -0.25) is 9.69 Å². The summed E-state index contributed by atoms with van der Waals surface area (Å²) in [4.78, 5) is 15.0. The molecule has 0 radical (unpaired) electrons. The molecular formula is C21H28Cl2FN3O2. The number of hydrogen-bond acceptors (Lipinski definition) is 4. The second-order valence-corrected chi connectivity index (χ2v) is 7.00. The van der Waals surface area contributed by atoms with E-state index in [-0.39, 0.29) is 42.6 Å². The summed E-state index contributed by atoms with van der Waals surface area (Å²) in [5.74, 6) is -0.548. The van der Waals surface area contributed by atoms with Gasteiger partial charge in [-0.2, -0.15) is 0 Å². The molecule has 3 N–H and O–H groups in total. The summed E-state index contributed by atoms with van der Waals surface area (Å²) in [5.41, 5.74) is 6.74. The molecule has 5 nitrogen and oxygen atoms in total. The van der Waals surface area contributed by atoms with Crippen LogP contribution in [0.4, 0.5) is 4.39 Å². The maximum absolute atomic E-state index is 13.8. The molecule has 1 fully saturated rings. The summed E-state index contributed by atoms with van der Waals surface area (Å²) in [6.07, 6.45) is 0. The number of nitrogens with zero attached hydrogens (tertiary/aromatic N) is 1. The van der Waals surface area contributed by atoms with E-state index in [2.05, 4.69) is 10.2 Å². The second-order valence-electron chi connectivity index (χ2n) is 7.00. The van der Waals surface area contributed by atoms with Crippen molar-refractivity contribution in [2.75, 3.05) is 32.8 Å². The average molecular weight is 444 g/mol. The predicted molar refractivity (Wildman–Crippen MR) is 117 cm³/mol. The third-order valence-electron chi connectivity index (χ3n) is 5.02. The Labute approximate surface area is 183 Å². The van der Waals surface area contributed by atoms with E-state index in [0.717, 1.165) is 24.2 Å². The Morgan fingerprint density at radius 3 is 2.45 bits per heavy atom. The number of hydrogen-bond donors (Lipinski definition) is 2. The largest absolute Gasteiger partial charge is 0.379 e. The lowest BCUT2D eigenvalue weighted by molar-refractivity contribution is -0.126. The molecule has 2 aromatic carbocycles. The summed E-state index contributed by atoms with van der Waals surface area (Å²) in [7, 11) is 0. The molecule has 2 unspecified atom stereocenters. The first kappa shape index (κ1) is 25.3. The second kappa shape index (κ2) is 11.5. The lowest BCUT2D eigenvalue weighted by Crippen LogP contribution is -2.51. The predicted octanol–water partition coefficient (Wildman–Crippen LogP) is 3.03. The van der Waals surface area contributed by atoms with Gasteiger partial charge >= 0.3 is 0 Å². The van der Waals surface area contributed by atoms with Crippen LogP contribution in [0.1, 0.15) is 24.1 Å². The lowest BCUT2D eigenvalue weighted by atomic mass is 9.92. The smallest absolute Gasteiger partial charge is 0.244 e. The van der Waals surface area contributed by atoms with E-state index < -0.39 is 5.54 Å². The van der Waals surface area contributed by atoms with Crippen LogP contribution in [-0.4, -0.2) is 43.7 Å². The molecule has 1 amide bonds. The Morgan fingerprint density at radius 2 is 1.83 bits per heavy atom. The van der Waals surface area contributed by atoms with Crippen LogP contribution in [0.15, 0.2) is 54.6 Å². The van der Waals surface area contributed by atoms with E-state index in [1.54, 1.807) is 13.0 Å². The van der Waals surface area contributed by atoms with Crippen molar-refractivity contribution < 1.29 is 13.9 Å². The first-order valence-corrected chi connectivity index (χ1v) is 9.18. The number of carbonyl (C=O) groups is 1. The van der Waals surface area contributed by atoms with Gasteiger partial charge in [-0.05, 0) is 30.2 Å². The zero-order valence-electron chi connectivity index (χ0n) is 16.3. The molecule has 2 aromatic rings. The van der Waals surface area contributed by atoms with Crippen LogP contribution in [0.2, 0.25) is 0 Å². The fourth-order valence-electron chi connectivity index (χ4n) is 3.35. The number of rotatable bonds is 6. The number of amides is 1. The number of halogens is 3. The summed E-state index contributed by atoms with van der Waals surface area (Å²) in [6, 6.07) is 15.7. The summed E-state index contributed by atoms with van der Waals surface area (Å²) in [6.45, 7) is 4.76. The highest BCUT2D eigenvalue weighted by Crippen LogP contribution is 2.23. The molecule has 1 saturated heterocycles. The van der Waals surface area contributed by atoms with Gasteiger partial charge in [0.05, 0.1) is 19.3 Å². The molecule has 0 spiro atoms. The molecule has 29 heavy (non-hydrogen) atoms. The van der Waals surface area contributed by atoms with Crippen molar-refractivity contribution in [2.24, 2.45) is 5.73 Å². The van der Waals surface area contributed by atoms with Gasteiger partial charge in [-0.25, -0.2) is 4.39 Å². The number of morpholine rings is 1. The number of nitrogens with two attached hydrogens (primary N) is 1. The zero-order valence-corrected chi connectivity index (χ0v) is 18.0. The third kappa shape index (κ3) is 6.39. The molecule has 1 aliphatic rings. The van der Waals surface area contributed by atoms with Gasteiger partial charge in [0.15, 0.2) is 0 Å². The van der Waals surface area contributed by atoms with Gasteiger partial charge in [-0.15, -0.1) is 24.8 Å². The van der Waals surface area contributed by atoms with Gasteiger partial charge in [0.2, 0.25) is 5.91 Å². The summed E-state index contributed by atoms with van der Waals surface area (Å²) < 4.78 is 19.2. The number of nitrogens with one attached hydrogen (secondary N) is 1. The van der Waals surface area contributed by atoms with Gasteiger partial charge in [0, 0.05) is 19.6 Å². The number of carbonyl (C=O) groups excluding carboxylic acids is 1. The minimum absolute atomic E-state index is 0. The summed E-state index contributed by atoms with van der Waals surface area (Å²) in [5, 5.41) is 2.97. The maximum atomic E-state index is 13.8. The van der Waals surface area contributed by atoms with Crippen molar-refractivity contribution in [3.63, 3.8) is 0 Å². The fraction of sp³-hybridized carbons (Fsp3) is 0.381. The molecule has 0 saturated carbocycles. The molecule has 0 aromatic heterocycles. The molecule has 1 heterocycles. The molecular weight excluding hydrogens is 416 g/mol. The van der Waals surface area contributed by atoms with E-state index in [4.69, 9.17) is 10.5 Å². The van der Waals surface area contributed by atoms with E-state index >= 15 is 0 Å². The van der Waals surface area contributed by atoms with Crippen LogP contribution in [0, 0.1) is 5.82 Å². The number of benzene rings is 2. The molecule has 2 atom stereocenters. The Balaban J connectivity index is 0.00000210. The maximum Gasteiger partial charge on any atom is 0.244 e. The van der Waals surface area contributed by atoms with Crippen LogP contribution in [0.3, 0.4) is 0 Å². The standard InChI is InChI=1S/C21H26FN3O2.2ClH/c1-21(23,17-7-3-2-4-8-17)20(26)24-15-19(25-10-12-27-13-11-25)16-6-5-9-18(22)14-16;;/h2-9,14,19H,10-13,15,23H2,1H3,(H,24,26);2*1H. The van der Waals surface area contributed by atoms with Crippen molar-refractivity contribution in [3.8, 4) is 0 Å². The zero-order chi connectivity index (χ0) is 19.3. The van der Waals surface area contributed by atoms with Gasteiger partial charge in [0.1, 0.15) is 11.4 Å². The van der Waals surface area contributed by atoms with Crippen molar-refractivity contribution >= 4 is 30.7 Å². The SMILES string of the molecule is CC(N)(C(=O)NCC(c1cccc(F)c1)N1CCOCC1)c1ccccc1.Cl.Cl. The van der Waals surface area contributed by atoms with E-state index in [1.807, 2.05) is 36.4 Å². The average Bonchev–Trinajstić information content (AvgIpc) is 2.69. The first-order chi connectivity index (χ1) is 13.0. The minimum Gasteiger partial charge on any atom is -0.379 e. The van der Waals surface area contributed by atoms with Crippen molar-refractivity contribution in [3.05, 3.63) is 71.5 Å². The fourth-order valence-corrected chi connectivity index (χ4v) is 3.35. The molecule has 0 bridgehead atoms. The molecule has 160 valence electrons. The van der Waals surface area contributed by atoms with Crippen molar-refractivity contribution in [1.29, 1.82) is 0 Å². The minimum atomic E-state index is -1.14. The van der Waals surface area contributed by atoms with Crippen LogP contribution in [-0.2, 0) is 15.1 Å². The molecule has 0 aliphatic carbocycles. The first-order valence-electron chi connectivity index (χ1n) is 9.18. The van der Waals surface area contributed by atoms with Crippen molar-refractivity contribution in [2.45, 2.75) is 18.5 Å². The number of ether oxygens (including phenoxy) is 1. The van der Waals surface area contributed by atoms with Gasteiger partial charge < -0.3 is 15.8 Å². The van der Waals surface area contributed by atoms with Crippen LogP contribution in [0.5, 0.6) is 0 Å². The van der Waals surface area contributed by atoms with E-state index in [9.17, 15) is 9.18 Å². The highest BCUT2D eigenvalue weighted by Gasteiger charge is 2.31. The quantitative estimate of drug-likeness (QED) is 0.719. The van der Waals surface area contributed by atoms with Gasteiger partial charge in [0.25, 0.3) is 0 Å². The van der Waals surface area contributed by atoms with E-state index in [0.29, 0.717) is 19.8 Å². The molecule has 3 rings (SSSR count). The van der Waals surface area contributed by atoms with Gasteiger partial charge in [-0.1, -0.05) is 42.5 Å². The summed E-state index contributed by atoms with van der Waals surface area (Å²) >= 11 is 0. The Hall–Kier alpha value is -1.70. The highest BCUT2D eigenvalue weighted by atomic mass is 35.5. The topological polar surface area (TPSA) is 67.6 Å². The lowest BCUT2D eigenvalue weighted by Gasteiger charge is -2.35.